The predicted octanol–water partition coefficient (Wildman–Crippen LogP) is 3.54. The summed E-state index contributed by atoms with van der Waals surface area (Å²) in [5, 5.41) is 7.75. The van der Waals surface area contributed by atoms with Crippen molar-refractivity contribution in [3.8, 4) is 11.5 Å². The molecule has 1 fully saturated rings. The molecule has 3 rings (SSSR count). The van der Waals surface area contributed by atoms with Crippen molar-refractivity contribution in [2.45, 2.75) is 19.8 Å². The van der Waals surface area contributed by atoms with Gasteiger partial charge in [0.15, 0.2) is 16.6 Å². The van der Waals surface area contributed by atoms with Crippen molar-refractivity contribution in [3.05, 3.63) is 48.0 Å². The number of hydrogen-bond acceptors (Lipinski definition) is 5. The smallest absolute Gasteiger partial charge is 0.227 e. The maximum absolute atomic E-state index is 11.9. The van der Waals surface area contributed by atoms with Gasteiger partial charge in [0.2, 0.25) is 5.91 Å². The highest BCUT2D eigenvalue weighted by Gasteiger charge is 2.21. The standard InChI is InChI=1S/C21H24N4O3S/c1-14(15-6-9-17(10-7-15)25-12-4-5-20(25)26)23-24-21(29)22-16-8-11-18(27-2)19(13-16)28-3/h6-11,13H,4-5,12H2,1-3H3,(H2,22,24,29)/b23-14-. The third-order valence-electron chi connectivity index (χ3n) is 4.64. The molecule has 0 aliphatic carbocycles. The first-order valence-corrected chi connectivity index (χ1v) is 9.66. The second-order valence-corrected chi connectivity index (χ2v) is 6.94. The van der Waals surface area contributed by atoms with E-state index in [-0.39, 0.29) is 5.91 Å². The van der Waals surface area contributed by atoms with Crippen LogP contribution in [-0.4, -0.2) is 37.5 Å². The number of benzene rings is 2. The second kappa shape index (κ2) is 9.38. The normalized spacial score (nSPS) is 14.0. The molecular formula is C21H24N4O3S. The van der Waals surface area contributed by atoms with Crippen LogP contribution in [0.2, 0.25) is 0 Å². The third kappa shape index (κ3) is 5.03. The summed E-state index contributed by atoms with van der Waals surface area (Å²) in [7, 11) is 3.17. The molecule has 7 nitrogen and oxygen atoms in total. The van der Waals surface area contributed by atoms with E-state index in [1.807, 2.05) is 42.2 Å². The highest BCUT2D eigenvalue weighted by Crippen LogP contribution is 2.29. The summed E-state index contributed by atoms with van der Waals surface area (Å²) in [5.41, 5.74) is 6.24. The Labute approximate surface area is 175 Å². The fraction of sp³-hybridized carbons (Fsp3) is 0.286. The number of amides is 1. The van der Waals surface area contributed by atoms with Gasteiger partial charge in [0.25, 0.3) is 0 Å². The Kier molecular flexibility index (Phi) is 6.66. The molecule has 2 N–H and O–H groups in total. The van der Waals surface area contributed by atoms with Crippen LogP contribution in [0.5, 0.6) is 11.5 Å². The number of rotatable bonds is 6. The van der Waals surface area contributed by atoms with Gasteiger partial charge >= 0.3 is 0 Å². The van der Waals surface area contributed by atoms with Crippen molar-refractivity contribution in [1.29, 1.82) is 0 Å². The molecule has 0 radical (unpaired) electrons. The molecule has 0 atom stereocenters. The zero-order valence-electron chi connectivity index (χ0n) is 16.7. The number of hydrogen-bond donors (Lipinski definition) is 2. The number of ether oxygens (including phenoxy) is 2. The Morgan fingerprint density at radius 2 is 1.83 bits per heavy atom. The van der Waals surface area contributed by atoms with Crippen molar-refractivity contribution in [1.82, 2.24) is 5.43 Å². The Morgan fingerprint density at radius 3 is 2.45 bits per heavy atom. The lowest BCUT2D eigenvalue weighted by atomic mass is 10.1. The van der Waals surface area contributed by atoms with Crippen LogP contribution in [0.1, 0.15) is 25.3 Å². The summed E-state index contributed by atoms with van der Waals surface area (Å²) in [5.74, 6) is 1.43. The zero-order valence-corrected chi connectivity index (χ0v) is 17.5. The number of carbonyl (C=O) groups excluding carboxylic acids is 1. The largest absolute Gasteiger partial charge is 0.493 e. The van der Waals surface area contributed by atoms with E-state index in [0.29, 0.717) is 23.0 Å². The van der Waals surface area contributed by atoms with Crippen molar-refractivity contribution in [3.63, 3.8) is 0 Å². The minimum absolute atomic E-state index is 0.177. The van der Waals surface area contributed by atoms with Gasteiger partial charge in [0, 0.05) is 30.4 Å². The van der Waals surface area contributed by atoms with Gasteiger partial charge < -0.3 is 19.7 Å². The van der Waals surface area contributed by atoms with E-state index < -0.39 is 0 Å². The number of thiocarbonyl (C=S) groups is 1. The van der Waals surface area contributed by atoms with Crippen molar-refractivity contribution < 1.29 is 14.3 Å². The van der Waals surface area contributed by atoms with Crippen LogP contribution in [-0.2, 0) is 4.79 Å². The fourth-order valence-electron chi connectivity index (χ4n) is 3.08. The van der Waals surface area contributed by atoms with Gasteiger partial charge in [-0.2, -0.15) is 5.10 Å². The van der Waals surface area contributed by atoms with Crippen molar-refractivity contribution in [2.24, 2.45) is 5.10 Å². The summed E-state index contributed by atoms with van der Waals surface area (Å²) < 4.78 is 10.5. The van der Waals surface area contributed by atoms with E-state index in [1.54, 1.807) is 26.4 Å². The molecule has 1 heterocycles. The average Bonchev–Trinajstić information content (AvgIpc) is 3.17. The molecule has 0 saturated carbocycles. The monoisotopic (exact) mass is 412 g/mol. The first-order valence-electron chi connectivity index (χ1n) is 9.26. The highest BCUT2D eigenvalue weighted by molar-refractivity contribution is 7.80. The Bertz CT molecular complexity index is 928. The molecule has 2 aromatic carbocycles. The molecule has 1 aliphatic rings. The van der Waals surface area contributed by atoms with Crippen LogP contribution in [0.15, 0.2) is 47.6 Å². The van der Waals surface area contributed by atoms with E-state index in [9.17, 15) is 4.79 Å². The number of anilines is 2. The molecule has 0 bridgehead atoms. The lowest BCUT2D eigenvalue weighted by Gasteiger charge is -2.16. The second-order valence-electron chi connectivity index (χ2n) is 6.53. The fourth-order valence-corrected chi connectivity index (χ4v) is 3.24. The van der Waals surface area contributed by atoms with E-state index in [4.69, 9.17) is 21.7 Å². The Balaban J connectivity index is 1.60. The molecule has 1 amide bonds. The highest BCUT2D eigenvalue weighted by atomic mass is 32.1. The summed E-state index contributed by atoms with van der Waals surface area (Å²) in [4.78, 5) is 13.7. The molecule has 1 saturated heterocycles. The Hall–Kier alpha value is -3.13. The molecule has 152 valence electrons. The van der Waals surface area contributed by atoms with Gasteiger partial charge in [0.05, 0.1) is 19.9 Å². The van der Waals surface area contributed by atoms with Gasteiger partial charge in [-0.25, -0.2) is 0 Å². The van der Waals surface area contributed by atoms with Crippen LogP contribution < -0.4 is 25.1 Å². The van der Waals surface area contributed by atoms with Crippen LogP contribution in [0.3, 0.4) is 0 Å². The molecule has 0 aromatic heterocycles. The van der Waals surface area contributed by atoms with Gasteiger partial charge in [-0.3, -0.25) is 10.2 Å². The number of carbonyl (C=O) groups is 1. The van der Waals surface area contributed by atoms with Gasteiger partial charge in [-0.15, -0.1) is 0 Å². The Morgan fingerprint density at radius 1 is 1.10 bits per heavy atom. The summed E-state index contributed by atoms with van der Waals surface area (Å²) in [6.45, 7) is 2.67. The topological polar surface area (TPSA) is 75.2 Å². The summed E-state index contributed by atoms with van der Waals surface area (Å²) in [6.07, 6.45) is 1.53. The maximum Gasteiger partial charge on any atom is 0.227 e. The average molecular weight is 413 g/mol. The van der Waals surface area contributed by atoms with Gasteiger partial charge in [-0.1, -0.05) is 12.1 Å². The first-order chi connectivity index (χ1) is 14.0. The predicted molar refractivity (Wildman–Crippen MR) is 119 cm³/mol. The third-order valence-corrected chi connectivity index (χ3v) is 4.83. The molecule has 2 aromatic rings. The number of hydrazone groups is 1. The number of nitrogens with zero attached hydrogens (tertiary/aromatic N) is 2. The van der Waals surface area contributed by atoms with Crippen LogP contribution in [0.4, 0.5) is 11.4 Å². The van der Waals surface area contributed by atoms with Crippen LogP contribution >= 0.6 is 12.2 Å². The van der Waals surface area contributed by atoms with Crippen molar-refractivity contribution >= 4 is 40.3 Å². The van der Waals surface area contributed by atoms with E-state index in [1.165, 1.54) is 0 Å². The molecule has 29 heavy (non-hydrogen) atoms. The van der Waals surface area contributed by atoms with E-state index in [2.05, 4.69) is 15.8 Å². The van der Waals surface area contributed by atoms with Crippen LogP contribution in [0.25, 0.3) is 0 Å². The number of methoxy groups -OCH3 is 2. The first kappa shape index (κ1) is 20.6. The molecule has 0 spiro atoms. The minimum Gasteiger partial charge on any atom is -0.493 e. The van der Waals surface area contributed by atoms with Crippen molar-refractivity contribution in [2.75, 3.05) is 31.0 Å². The van der Waals surface area contributed by atoms with Gasteiger partial charge in [0.1, 0.15) is 0 Å². The molecule has 0 unspecified atom stereocenters. The van der Waals surface area contributed by atoms with Crippen LogP contribution in [0, 0.1) is 0 Å². The zero-order chi connectivity index (χ0) is 20.8. The molecule has 8 heteroatoms. The summed E-state index contributed by atoms with van der Waals surface area (Å²) >= 11 is 5.31. The van der Waals surface area contributed by atoms with E-state index >= 15 is 0 Å². The summed E-state index contributed by atoms with van der Waals surface area (Å²) in [6, 6.07) is 13.2. The van der Waals surface area contributed by atoms with E-state index in [0.717, 1.165) is 35.6 Å². The maximum atomic E-state index is 11.9. The molecular weight excluding hydrogens is 388 g/mol. The van der Waals surface area contributed by atoms with Gasteiger partial charge in [-0.05, 0) is 55.4 Å². The minimum atomic E-state index is 0.177. The lowest BCUT2D eigenvalue weighted by molar-refractivity contribution is -0.117. The lowest BCUT2D eigenvalue weighted by Crippen LogP contribution is -2.25. The quantitative estimate of drug-likeness (QED) is 0.429. The number of nitrogens with one attached hydrogen (secondary N) is 2. The SMILES string of the molecule is COc1ccc(NC(=S)N/N=C(/C)c2ccc(N3CCCC3=O)cc2)cc1OC. The molecule has 1 aliphatic heterocycles.